The lowest BCUT2D eigenvalue weighted by atomic mass is 10.1. The van der Waals surface area contributed by atoms with Crippen LogP contribution in [0.15, 0.2) is 22.7 Å². The summed E-state index contributed by atoms with van der Waals surface area (Å²) in [6.07, 6.45) is 1.08. The Morgan fingerprint density at radius 2 is 2.35 bits per heavy atom. The highest BCUT2D eigenvalue weighted by Gasteiger charge is 2.24. The number of thioether (sulfide) groups is 1. The lowest BCUT2D eigenvalue weighted by Gasteiger charge is -2.24. The molecule has 92 valence electrons. The third-order valence-electron chi connectivity index (χ3n) is 3.02. The van der Waals surface area contributed by atoms with E-state index >= 15 is 0 Å². The molecule has 1 unspecified atom stereocenters. The van der Waals surface area contributed by atoms with Crippen molar-refractivity contribution in [2.75, 3.05) is 24.3 Å². The molecule has 1 heterocycles. The Kier molecular flexibility index (Phi) is 3.99. The smallest absolute Gasteiger partial charge is 0.253 e. The molecule has 1 amide bonds. The first-order valence-corrected chi connectivity index (χ1v) is 7.44. The van der Waals surface area contributed by atoms with Crippen LogP contribution in [0.2, 0.25) is 0 Å². The average molecular weight is 315 g/mol. The Morgan fingerprint density at radius 3 is 2.94 bits per heavy atom. The molecular weight excluding hydrogens is 300 g/mol. The quantitative estimate of drug-likeness (QED) is 0.854. The fraction of sp³-hybridized carbons (Fsp3) is 0.417. The predicted octanol–water partition coefficient (Wildman–Crippen LogP) is 2.61. The van der Waals surface area contributed by atoms with Gasteiger partial charge in [-0.05, 0) is 46.3 Å². The second-order valence-electron chi connectivity index (χ2n) is 4.17. The molecule has 5 heteroatoms. The summed E-state index contributed by atoms with van der Waals surface area (Å²) >= 11 is 5.23. The first-order valence-electron chi connectivity index (χ1n) is 5.49. The van der Waals surface area contributed by atoms with E-state index in [1.807, 2.05) is 29.8 Å². The number of hydrogen-bond acceptors (Lipinski definition) is 3. The van der Waals surface area contributed by atoms with Gasteiger partial charge in [0, 0.05) is 34.6 Å². The van der Waals surface area contributed by atoms with Crippen LogP contribution in [-0.4, -0.2) is 35.4 Å². The number of amides is 1. The minimum Gasteiger partial charge on any atom is -0.398 e. The molecule has 0 aliphatic carbocycles. The summed E-state index contributed by atoms with van der Waals surface area (Å²) in [5.41, 5.74) is 7.05. The van der Waals surface area contributed by atoms with Crippen molar-refractivity contribution in [3.63, 3.8) is 0 Å². The maximum absolute atomic E-state index is 12.2. The third-order valence-corrected chi connectivity index (χ3v) is 4.88. The zero-order valence-corrected chi connectivity index (χ0v) is 12.1. The standard InChI is InChI=1S/C12H15BrN2OS/c1-15(9-4-5-17-7-9)12(16)8-2-3-10(13)11(14)6-8/h2-3,6,9H,4-5,7,14H2,1H3. The maximum Gasteiger partial charge on any atom is 0.253 e. The van der Waals surface area contributed by atoms with Crippen molar-refractivity contribution < 1.29 is 4.79 Å². The average Bonchev–Trinajstić information content (AvgIpc) is 2.84. The van der Waals surface area contributed by atoms with Crippen LogP contribution in [0.4, 0.5) is 5.69 Å². The third kappa shape index (κ3) is 2.77. The minimum absolute atomic E-state index is 0.0525. The van der Waals surface area contributed by atoms with Crippen molar-refractivity contribution >= 4 is 39.3 Å². The van der Waals surface area contributed by atoms with Crippen molar-refractivity contribution in [1.29, 1.82) is 0 Å². The van der Waals surface area contributed by atoms with Gasteiger partial charge in [0.2, 0.25) is 0 Å². The molecule has 1 aromatic carbocycles. The lowest BCUT2D eigenvalue weighted by molar-refractivity contribution is 0.0748. The largest absolute Gasteiger partial charge is 0.398 e. The molecule has 2 rings (SSSR count). The van der Waals surface area contributed by atoms with E-state index in [0.717, 1.165) is 22.4 Å². The Hall–Kier alpha value is -0.680. The fourth-order valence-electron chi connectivity index (χ4n) is 1.87. The molecular formula is C12H15BrN2OS. The van der Waals surface area contributed by atoms with Crippen LogP contribution < -0.4 is 5.73 Å². The van der Waals surface area contributed by atoms with Gasteiger partial charge in [-0.2, -0.15) is 11.8 Å². The van der Waals surface area contributed by atoms with E-state index in [1.165, 1.54) is 0 Å². The van der Waals surface area contributed by atoms with Crippen LogP contribution >= 0.6 is 27.7 Å². The molecule has 1 aliphatic rings. The topological polar surface area (TPSA) is 46.3 Å². The molecule has 0 radical (unpaired) electrons. The van der Waals surface area contributed by atoms with Gasteiger partial charge in [0.15, 0.2) is 0 Å². The van der Waals surface area contributed by atoms with Crippen LogP contribution in [0, 0.1) is 0 Å². The number of nitrogens with zero attached hydrogens (tertiary/aromatic N) is 1. The van der Waals surface area contributed by atoms with Gasteiger partial charge in [0.25, 0.3) is 5.91 Å². The van der Waals surface area contributed by atoms with E-state index in [-0.39, 0.29) is 5.91 Å². The highest BCUT2D eigenvalue weighted by molar-refractivity contribution is 9.10. The van der Waals surface area contributed by atoms with Crippen LogP contribution in [0.1, 0.15) is 16.8 Å². The Labute approximate surface area is 114 Å². The van der Waals surface area contributed by atoms with E-state index in [2.05, 4.69) is 15.9 Å². The number of carbonyl (C=O) groups is 1. The van der Waals surface area contributed by atoms with Gasteiger partial charge in [-0.25, -0.2) is 0 Å². The van der Waals surface area contributed by atoms with Gasteiger partial charge in [0.05, 0.1) is 0 Å². The first kappa shape index (κ1) is 12.8. The predicted molar refractivity (Wildman–Crippen MR) is 76.4 cm³/mol. The monoisotopic (exact) mass is 314 g/mol. The first-order chi connectivity index (χ1) is 8.09. The van der Waals surface area contributed by atoms with E-state index in [1.54, 1.807) is 12.1 Å². The highest BCUT2D eigenvalue weighted by Crippen LogP contribution is 2.24. The molecule has 0 bridgehead atoms. The number of hydrogen-bond donors (Lipinski definition) is 1. The summed E-state index contributed by atoms with van der Waals surface area (Å²) in [6, 6.07) is 5.71. The summed E-state index contributed by atoms with van der Waals surface area (Å²) < 4.78 is 0.827. The van der Waals surface area contributed by atoms with Gasteiger partial charge in [-0.15, -0.1) is 0 Å². The Morgan fingerprint density at radius 1 is 1.59 bits per heavy atom. The van der Waals surface area contributed by atoms with Crippen molar-refractivity contribution in [3.05, 3.63) is 28.2 Å². The molecule has 17 heavy (non-hydrogen) atoms. The van der Waals surface area contributed by atoms with Crippen molar-refractivity contribution in [2.24, 2.45) is 0 Å². The van der Waals surface area contributed by atoms with Crippen LogP contribution in [0.5, 0.6) is 0 Å². The number of carbonyl (C=O) groups excluding carboxylic acids is 1. The van der Waals surface area contributed by atoms with E-state index < -0.39 is 0 Å². The van der Waals surface area contributed by atoms with Crippen molar-refractivity contribution in [3.8, 4) is 0 Å². The number of nitrogens with two attached hydrogens (primary N) is 1. The number of benzene rings is 1. The second-order valence-corrected chi connectivity index (χ2v) is 6.17. The fourth-order valence-corrected chi connectivity index (χ4v) is 3.39. The minimum atomic E-state index is 0.0525. The molecule has 3 nitrogen and oxygen atoms in total. The highest BCUT2D eigenvalue weighted by atomic mass is 79.9. The number of nitrogen functional groups attached to an aromatic ring is 1. The second kappa shape index (κ2) is 5.31. The van der Waals surface area contributed by atoms with Crippen molar-refractivity contribution in [2.45, 2.75) is 12.5 Å². The van der Waals surface area contributed by atoms with Gasteiger partial charge < -0.3 is 10.6 Å². The normalized spacial score (nSPS) is 19.3. The van der Waals surface area contributed by atoms with E-state index in [9.17, 15) is 4.79 Å². The van der Waals surface area contributed by atoms with Gasteiger partial charge in [0.1, 0.15) is 0 Å². The van der Waals surface area contributed by atoms with Gasteiger partial charge in [-0.1, -0.05) is 0 Å². The maximum atomic E-state index is 12.2. The van der Waals surface area contributed by atoms with Crippen LogP contribution in [-0.2, 0) is 0 Å². The number of anilines is 1. The Bertz CT molecular complexity index is 433. The molecule has 1 aliphatic heterocycles. The summed E-state index contributed by atoms with van der Waals surface area (Å²) in [5.74, 6) is 2.23. The molecule has 1 saturated heterocycles. The van der Waals surface area contributed by atoms with Gasteiger partial charge in [-0.3, -0.25) is 4.79 Å². The Balaban J connectivity index is 2.15. The van der Waals surface area contributed by atoms with E-state index in [0.29, 0.717) is 17.3 Å². The molecule has 1 atom stereocenters. The zero-order valence-electron chi connectivity index (χ0n) is 9.65. The molecule has 0 saturated carbocycles. The molecule has 1 aromatic rings. The lowest BCUT2D eigenvalue weighted by Crippen LogP contribution is -2.36. The number of rotatable bonds is 2. The zero-order chi connectivity index (χ0) is 12.4. The summed E-state index contributed by atoms with van der Waals surface area (Å²) in [4.78, 5) is 14.1. The summed E-state index contributed by atoms with van der Waals surface area (Å²) in [7, 11) is 1.87. The number of halogens is 1. The molecule has 0 aromatic heterocycles. The van der Waals surface area contributed by atoms with E-state index in [4.69, 9.17) is 5.73 Å². The molecule has 0 spiro atoms. The van der Waals surface area contributed by atoms with Crippen LogP contribution in [0.25, 0.3) is 0 Å². The summed E-state index contributed by atoms with van der Waals surface area (Å²) in [5, 5.41) is 0. The SMILES string of the molecule is CN(C(=O)c1ccc(Br)c(N)c1)C1CCSC1. The molecule has 1 fully saturated rings. The summed E-state index contributed by atoms with van der Waals surface area (Å²) in [6.45, 7) is 0. The van der Waals surface area contributed by atoms with Gasteiger partial charge >= 0.3 is 0 Å². The molecule has 2 N–H and O–H groups in total. The van der Waals surface area contributed by atoms with Crippen LogP contribution in [0.3, 0.4) is 0 Å². The van der Waals surface area contributed by atoms with Crippen molar-refractivity contribution in [1.82, 2.24) is 4.90 Å².